The van der Waals surface area contributed by atoms with Crippen molar-refractivity contribution in [3.63, 3.8) is 0 Å². The molecule has 0 aliphatic rings. The molecule has 104 valence electrons. The van der Waals surface area contributed by atoms with Gasteiger partial charge in [-0.2, -0.15) is 0 Å². The molecule has 0 spiro atoms. The molecule has 0 bridgehead atoms. The molecule has 2 amide bonds. The third-order valence-electron chi connectivity index (χ3n) is 2.56. The van der Waals surface area contributed by atoms with Gasteiger partial charge in [-0.1, -0.05) is 0 Å². The summed E-state index contributed by atoms with van der Waals surface area (Å²) >= 11 is 1.28. The van der Waals surface area contributed by atoms with Crippen LogP contribution in [0, 0.1) is 13.8 Å². The van der Waals surface area contributed by atoms with E-state index in [1.54, 1.807) is 6.92 Å². The second-order valence-corrected chi connectivity index (χ2v) is 5.34. The average Bonchev–Trinajstić information content (AvgIpc) is 2.53. The van der Waals surface area contributed by atoms with Crippen molar-refractivity contribution in [1.82, 2.24) is 0 Å². The number of nitrogens with two attached hydrogens (primary N) is 1. The predicted octanol–water partition coefficient (Wildman–Crippen LogP) is 1.35. The van der Waals surface area contributed by atoms with Crippen molar-refractivity contribution in [2.24, 2.45) is 5.73 Å². The lowest BCUT2D eigenvalue weighted by molar-refractivity contribution is -0.125. The molecule has 1 atom stereocenters. The van der Waals surface area contributed by atoms with Crippen LogP contribution in [0.25, 0.3) is 0 Å². The molecule has 1 heterocycles. The number of carbonyl (C=O) groups is 3. The second-order valence-electron chi connectivity index (χ2n) is 4.12. The van der Waals surface area contributed by atoms with E-state index in [1.807, 2.05) is 6.92 Å². The largest absolute Gasteiger partial charge is 0.449 e. The first-order valence-corrected chi connectivity index (χ1v) is 6.43. The zero-order chi connectivity index (χ0) is 14.7. The fraction of sp³-hybridized carbons (Fsp3) is 0.417. The minimum Gasteiger partial charge on any atom is -0.449 e. The number of ether oxygens (including phenoxy) is 1. The second kappa shape index (κ2) is 5.83. The Morgan fingerprint density at radius 2 is 1.89 bits per heavy atom. The topological polar surface area (TPSA) is 98.5 Å². The molecule has 19 heavy (non-hydrogen) atoms. The van der Waals surface area contributed by atoms with Gasteiger partial charge in [0, 0.05) is 11.8 Å². The number of thiophene rings is 1. The van der Waals surface area contributed by atoms with Crippen molar-refractivity contribution >= 4 is 34.1 Å². The average molecular weight is 284 g/mol. The van der Waals surface area contributed by atoms with Gasteiger partial charge in [-0.3, -0.25) is 9.59 Å². The lowest BCUT2D eigenvalue weighted by Crippen LogP contribution is -2.30. The van der Waals surface area contributed by atoms with Crippen LogP contribution in [0.3, 0.4) is 0 Å². The fourth-order valence-electron chi connectivity index (χ4n) is 1.40. The van der Waals surface area contributed by atoms with Crippen LogP contribution in [-0.2, 0) is 14.3 Å². The van der Waals surface area contributed by atoms with E-state index in [1.165, 1.54) is 25.2 Å². The molecule has 0 fully saturated rings. The van der Waals surface area contributed by atoms with E-state index in [-0.39, 0.29) is 11.5 Å². The van der Waals surface area contributed by atoms with Crippen molar-refractivity contribution in [2.45, 2.75) is 33.8 Å². The van der Waals surface area contributed by atoms with Crippen molar-refractivity contribution in [2.75, 3.05) is 5.32 Å². The van der Waals surface area contributed by atoms with Gasteiger partial charge in [-0.15, -0.1) is 11.3 Å². The van der Waals surface area contributed by atoms with Crippen LogP contribution in [0.2, 0.25) is 0 Å². The normalized spacial score (nSPS) is 11.8. The summed E-state index contributed by atoms with van der Waals surface area (Å²) in [6, 6.07) is 0. The van der Waals surface area contributed by atoms with E-state index in [0.29, 0.717) is 5.00 Å². The van der Waals surface area contributed by atoms with Gasteiger partial charge >= 0.3 is 5.97 Å². The number of aryl methyl sites for hydroxylation is 1. The maximum Gasteiger partial charge on any atom is 0.342 e. The first-order valence-electron chi connectivity index (χ1n) is 5.62. The minimum atomic E-state index is -1.02. The minimum absolute atomic E-state index is 0.269. The smallest absolute Gasteiger partial charge is 0.342 e. The van der Waals surface area contributed by atoms with E-state index >= 15 is 0 Å². The van der Waals surface area contributed by atoms with Gasteiger partial charge in [-0.25, -0.2) is 4.79 Å². The molecular weight excluding hydrogens is 268 g/mol. The van der Waals surface area contributed by atoms with Gasteiger partial charge in [0.1, 0.15) is 5.00 Å². The maximum absolute atomic E-state index is 12.0. The molecule has 0 aromatic carbocycles. The zero-order valence-corrected chi connectivity index (χ0v) is 12.0. The third kappa shape index (κ3) is 3.54. The number of hydrogen-bond acceptors (Lipinski definition) is 5. The number of carbonyl (C=O) groups excluding carboxylic acids is 3. The summed E-state index contributed by atoms with van der Waals surface area (Å²) in [7, 11) is 0. The quantitative estimate of drug-likeness (QED) is 0.815. The van der Waals surface area contributed by atoms with E-state index < -0.39 is 18.0 Å². The SMILES string of the molecule is CC(=O)Nc1sc(C)c(C)c1C(=O)O[C@@H](C)C(N)=O. The molecule has 0 unspecified atom stereocenters. The van der Waals surface area contributed by atoms with Crippen molar-refractivity contribution in [3.05, 3.63) is 16.0 Å². The van der Waals surface area contributed by atoms with E-state index in [9.17, 15) is 14.4 Å². The Morgan fingerprint density at radius 3 is 2.37 bits per heavy atom. The summed E-state index contributed by atoms with van der Waals surface area (Å²) in [6.45, 7) is 6.33. The summed E-state index contributed by atoms with van der Waals surface area (Å²) in [6.07, 6.45) is -1.02. The van der Waals surface area contributed by atoms with Gasteiger partial charge in [0.2, 0.25) is 5.91 Å². The number of anilines is 1. The van der Waals surface area contributed by atoms with Gasteiger partial charge in [0.05, 0.1) is 5.56 Å². The molecule has 3 N–H and O–H groups in total. The number of hydrogen-bond donors (Lipinski definition) is 2. The predicted molar refractivity (Wildman–Crippen MR) is 72.2 cm³/mol. The van der Waals surface area contributed by atoms with Crippen LogP contribution in [0.15, 0.2) is 0 Å². The highest BCUT2D eigenvalue weighted by Crippen LogP contribution is 2.33. The standard InChI is InChI=1S/C12H16N2O4S/c1-5-7(3)19-11(14-8(4)15)9(5)12(17)18-6(2)10(13)16/h6H,1-4H3,(H2,13,16)(H,14,15)/t6-/m0/s1. The van der Waals surface area contributed by atoms with Crippen LogP contribution in [0.5, 0.6) is 0 Å². The van der Waals surface area contributed by atoms with Crippen molar-refractivity contribution < 1.29 is 19.1 Å². The summed E-state index contributed by atoms with van der Waals surface area (Å²) in [5, 5.41) is 3.00. The lowest BCUT2D eigenvalue weighted by Gasteiger charge is -2.11. The molecule has 7 heteroatoms. The highest BCUT2D eigenvalue weighted by atomic mass is 32.1. The number of rotatable bonds is 4. The number of nitrogens with one attached hydrogen (secondary N) is 1. The van der Waals surface area contributed by atoms with Gasteiger partial charge < -0.3 is 15.8 Å². The molecule has 0 aliphatic carbocycles. The van der Waals surface area contributed by atoms with Crippen LogP contribution in [0.1, 0.15) is 34.6 Å². The number of primary amides is 1. The van der Waals surface area contributed by atoms with Crippen molar-refractivity contribution in [3.8, 4) is 0 Å². The van der Waals surface area contributed by atoms with E-state index in [0.717, 1.165) is 10.4 Å². The summed E-state index contributed by atoms with van der Waals surface area (Å²) in [5.74, 6) is -1.67. The molecular formula is C12H16N2O4S. The molecule has 1 aromatic heterocycles. The highest BCUT2D eigenvalue weighted by molar-refractivity contribution is 7.16. The van der Waals surface area contributed by atoms with Crippen LogP contribution in [-0.4, -0.2) is 23.9 Å². The molecule has 0 saturated carbocycles. The van der Waals surface area contributed by atoms with E-state index in [2.05, 4.69) is 5.32 Å². The monoisotopic (exact) mass is 284 g/mol. The maximum atomic E-state index is 12.0. The van der Waals surface area contributed by atoms with Gasteiger partial charge in [-0.05, 0) is 26.3 Å². The van der Waals surface area contributed by atoms with Crippen LogP contribution < -0.4 is 11.1 Å². The third-order valence-corrected chi connectivity index (χ3v) is 3.69. The highest BCUT2D eigenvalue weighted by Gasteiger charge is 2.24. The van der Waals surface area contributed by atoms with Crippen molar-refractivity contribution in [1.29, 1.82) is 0 Å². The Morgan fingerprint density at radius 1 is 1.32 bits per heavy atom. The number of esters is 1. The Bertz CT molecular complexity index is 536. The Hall–Kier alpha value is -1.89. The molecule has 1 rings (SSSR count). The summed E-state index contributed by atoms with van der Waals surface area (Å²) in [5.41, 5.74) is 6.03. The van der Waals surface area contributed by atoms with Crippen LogP contribution in [0.4, 0.5) is 5.00 Å². The van der Waals surface area contributed by atoms with Crippen LogP contribution >= 0.6 is 11.3 Å². The molecule has 0 aliphatic heterocycles. The first kappa shape index (κ1) is 15.2. The Balaban J connectivity index is 3.07. The fourth-order valence-corrected chi connectivity index (χ4v) is 2.49. The Labute approximate surface area is 114 Å². The number of amides is 2. The molecule has 1 aromatic rings. The molecule has 6 nitrogen and oxygen atoms in total. The van der Waals surface area contributed by atoms with E-state index in [4.69, 9.17) is 10.5 Å². The van der Waals surface area contributed by atoms with Gasteiger partial charge in [0.15, 0.2) is 6.10 Å². The van der Waals surface area contributed by atoms with Gasteiger partial charge in [0.25, 0.3) is 5.91 Å². The Kier molecular flexibility index (Phi) is 4.66. The zero-order valence-electron chi connectivity index (χ0n) is 11.2. The molecule has 0 saturated heterocycles. The summed E-state index contributed by atoms with van der Waals surface area (Å²) < 4.78 is 4.96. The molecule has 0 radical (unpaired) electrons. The first-order chi connectivity index (χ1) is 8.73. The summed E-state index contributed by atoms with van der Waals surface area (Å²) in [4.78, 5) is 34.9. The lowest BCUT2D eigenvalue weighted by atomic mass is 10.1.